The summed E-state index contributed by atoms with van der Waals surface area (Å²) < 4.78 is 10.7. The first-order valence-corrected chi connectivity index (χ1v) is 13.0. The van der Waals surface area contributed by atoms with Gasteiger partial charge in [0.25, 0.3) is 0 Å². The summed E-state index contributed by atoms with van der Waals surface area (Å²) in [4.78, 5) is 24.0. The summed E-state index contributed by atoms with van der Waals surface area (Å²) in [5.41, 5.74) is 0. The zero-order valence-corrected chi connectivity index (χ0v) is 20.4. The highest BCUT2D eigenvalue weighted by molar-refractivity contribution is 5.72. The molecule has 0 aromatic carbocycles. The highest BCUT2D eigenvalue weighted by Gasteiger charge is 2.19. The fourth-order valence-electron chi connectivity index (χ4n) is 3.58. The molecule has 178 valence electrons. The zero-order valence-electron chi connectivity index (χ0n) is 20.4. The van der Waals surface area contributed by atoms with E-state index in [1.807, 2.05) is 0 Å². The number of rotatable bonds is 22. The largest absolute Gasteiger partial charge is 0.466 e. The van der Waals surface area contributed by atoms with Crippen molar-refractivity contribution in [3.05, 3.63) is 0 Å². The molecular weight excluding hydrogens is 376 g/mol. The monoisotopic (exact) mass is 426 g/mol. The quantitative estimate of drug-likeness (QED) is 0.131. The van der Waals surface area contributed by atoms with Crippen LogP contribution in [-0.2, 0) is 19.1 Å². The third-order valence-electron chi connectivity index (χ3n) is 5.68. The molecule has 0 saturated carbocycles. The van der Waals surface area contributed by atoms with Crippen LogP contribution >= 0.6 is 0 Å². The van der Waals surface area contributed by atoms with E-state index in [1.165, 1.54) is 32.1 Å². The van der Waals surface area contributed by atoms with Gasteiger partial charge in [0.15, 0.2) is 0 Å². The number of ether oxygens (including phenoxy) is 2. The number of hydrogen-bond donors (Lipinski definition) is 0. The van der Waals surface area contributed by atoms with Crippen molar-refractivity contribution < 1.29 is 19.1 Å². The van der Waals surface area contributed by atoms with Gasteiger partial charge in [0.05, 0.1) is 19.1 Å². The van der Waals surface area contributed by atoms with E-state index in [9.17, 15) is 9.59 Å². The van der Waals surface area contributed by atoms with E-state index in [1.54, 1.807) is 0 Å². The lowest BCUT2D eigenvalue weighted by molar-refractivity contribution is -0.149. The van der Waals surface area contributed by atoms with Crippen LogP contribution in [0.3, 0.4) is 0 Å². The molecule has 0 amide bonds. The number of unbranched alkanes of at least 4 members (excludes halogenated alkanes) is 11. The number of hydrogen-bond acceptors (Lipinski definition) is 4. The molecule has 4 nitrogen and oxygen atoms in total. The Bertz CT molecular complexity index is 394. The molecule has 4 heteroatoms. The van der Waals surface area contributed by atoms with Crippen molar-refractivity contribution in [3.8, 4) is 0 Å². The third kappa shape index (κ3) is 18.9. The second kappa shape index (κ2) is 22.6. The number of carbonyl (C=O) groups is 2. The van der Waals surface area contributed by atoms with E-state index in [4.69, 9.17) is 9.47 Å². The lowest BCUT2D eigenvalue weighted by Gasteiger charge is -2.16. The predicted molar refractivity (Wildman–Crippen MR) is 126 cm³/mol. The molecule has 0 heterocycles. The lowest BCUT2D eigenvalue weighted by Crippen LogP contribution is -2.18. The van der Waals surface area contributed by atoms with Gasteiger partial charge in [-0.2, -0.15) is 0 Å². The Morgan fingerprint density at radius 1 is 0.567 bits per heavy atom. The molecule has 30 heavy (non-hydrogen) atoms. The second-order valence-electron chi connectivity index (χ2n) is 8.65. The molecule has 0 radical (unpaired) electrons. The average molecular weight is 427 g/mol. The molecule has 0 fully saturated rings. The van der Waals surface area contributed by atoms with Gasteiger partial charge in [-0.25, -0.2) is 0 Å². The molecule has 1 unspecified atom stereocenters. The van der Waals surface area contributed by atoms with Gasteiger partial charge in [-0.05, 0) is 32.1 Å². The molecule has 0 rings (SSSR count). The Balaban J connectivity index is 3.95. The average Bonchev–Trinajstić information content (AvgIpc) is 2.74. The molecule has 0 aliphatic rings. The van der Waals surface area contributed by atoms with Crippen LogP contribution in [0.5, 0.6) is 0 Å². The van der Waals surface area contributed by atoms with E-state index in [-0.39, 0.29) is 17.9 Å². The molecular formula is C26H50O4. The SMILES string of the molecule is CCCCCCCCC(CCCCCCCC(=O)OCCCC)C(=O)OCCCC. The van der Waals surface area contributed by atoms with Crippen molar-refractivity contribution in [1.29, 1.82) is 0 Å². The van der Waals surface area contributed by atoms with E-state index >= 15 is 0 Å². The Labute approximate surface area is 186 Å². The molecule has 0 spiro atoms. The number of esters is 2. The smallest absolute Gasteiger partial charge is 0.308 e. The number of carbonyl (C=O) groups excluding carboxylic acids is 2. The predicted octanol–water partition coefficient (Wildman–Crippen LogP) is 7.77. The maximum atomic E-state index is 12.5. The highest BCUT2D eigenvalue weighted by atomic mass is 16.5. The second-order valence-corrected chi connectivity index (χ2v) is 8.65. The van der Waals surface area contributed by atoms with Gasteiger partial charge >= 0.3 is 11.9 Å². The van der Waals surface area contributed by atoms with Crippen LogP contribution in [0.25, 0.3) is 0 Å². The molecule has 0 aliphatic carbocycles. The summed E-state index contributed by atoms with van der Waals surface area (Å²) in [5, 5.41) is 0. The Morgan fingerprint density at radius 3 is 1.60 bits per heavy atom. The summed E-state index contributed by atoms with van der Waals surface area (Å²) in [6.07, 6.45) is 19.3. The van der Waals surface area contributed by atoms with Gasteiger partial charge < -0.3 is 9.47 Å². The van der Waals surface area contributed by atoms with Crippen molar-refractivity contribution in [2.45, 2.75) is 136 Å². The summed E-state index contributed by atoms with van der Waals surface area (Å²) in [7, 11) is 0. The summed E-state index contributed by atoms with van der Waals surface area (Å²) >= 11 is 0. The van der Waals surface area contributed by atoms with Crippen molar-refractivity contribution in [2.24, 2.45) is 5.92 Å². The summed E-state index contributed by atoms with van der Waals surface area (Å²) in [6, 6.07) is 0. The van der Waals surface area contributed by atoms with Gasteiger partial charge in [0, 0.05) is 6.42 Å². The van der Waals surface area contributed by atoms with E-state index in [0.29, 0.717) is 19.6 Å². The fraction of sp³-hybridized carbons (Fsp3) is 0.923. The Kier molecular flexibility index (Phi) is 21.8. The minimum atomic E-state index is -0.0581. The first-order chi connectivity index (χ1) is 14.7. The molecule has 0 aromatic heterocycles. The topological polar surface area (TPSA) is 52.6 Å². The standard InChI is InChI=1S/C26H50O4/c1-4-7-10-11-13-16-19-24(26(28)30-23-9-6-3)20-17-14-12-15-18-21-25(27)29-22-8-5-2/h24H,4-23H2,1-3H3. The van der Waals surface area contributed by atoms with Gasteiger partial charge in [-0.1, -0.05) is 97.8 Å². The molecule has 0 saturated heterocycles. The van der Waals surface area contributed by atoms with Crippen molar-refractivity contribution in [3.63, 3.8) is 0 Å². The van der Waals surface area contributed by atoms with Crippen LogP contribution in [0, 0.1) is 5.92 Å². The third-order valence-corrected chi connectivity index (χ3v) is 5.68. The van der Waals surface area contributed by atoms with Crippen molar-refractivity contribution in [1.82, 2.24) is 0 Å². The summed E-state index contributed by atoms with van der Waals surface area (Å²) in [6.45, 7) is 7.57. The Hall–Kier alpha value is -1.06. The first-order valence-electron chi connectivity index (χ1n) is 13.0. The van der Waals surface area contributed by atoms with Crippen LogP contribution in [0.15, 0.2) is 0 Å². The minimum Gasteiger partial charge on any atom is -0.466 e. The van der Waals surface area contributed by atoms with Gasteiger partial charge in [-0.3, -0.25) is 9.59 Å². The molecule has 0 aromatic rings. The highest BCUT2D eigenvalue weighted by Crippen LogP contribution is 2.21. The Morgan fingerprint density at radius 2 is 1.03 bits per heavy atom. The van der Waals surface area contributed by atoms with Gasteiger partial charge in [0.1, 0.15) is 0 Å². The fourth-order valence-corrected chi connectivity index (χ4v) is 3.58. The van der Waals surface area contributed by atoms with Crippen LogP contribution < -0.4 is 0 Å². The summed E-state index contributed by atoms with van der Waals surface area (Å²) in [5.74, 6) is 0.0330. The normalized spacial score (nSPS) is 12.0. The van der Waals surface area contributed by atoms with Crippen LogP contribution in [0.2, 0.25) is 0 Å². The van der Waals surface area contributed by atoms with E-state index < -0.39 is 0 Å². The van der Waals surface area contributed by atoms with Gasteiger partial charge in [-0.15, -0.1) is 0 Å². The first kappa shape index (κ1) is 28.9. The molecule has 0 N–H and O–H groups in total. The minimum absolute atomic E-state index is 0.0202. The van der Waals surface area contributed by atoms with Crippen LogP contribution in [-0.4, -0.2) is 25.2 Å². The lowest BCUT2D eigenvalue weighted by atomic mass is 9.94. The molecule has 0 bridgehead atoms. The zero-order chi connectivity index (χ0) is 22.3. The van der Waals surface area contributed by atoms with Crippen molar-refractivity contribution in [2.75, 3.05) is 13.2 Å². The van der Waals surface area contributed by atoms with Crippen LogP contribution in [0.4, 0.5) is 0 Å². The molecule has 0 aliphatic heterocycles. The van der Waals surface area contributed by atoms with Gasteiger partial charge in [0.2, 0.25) is 0 Å². The van der Waals surface area contributed by atoms with E-state index in [0.717, 1.165) is 77.0 Å². The van der Waals surface area contributed by atoms with E-state index in [2.05, 4.69) is 20.8 Å². The maximum Gasteiger partial charge on any atom is 0.308 e. The maximum absolute atomic E-state index is 12.5. The van der Waals surface area contributed by atoms with Crippen LogP contribution in [0.1, 0.15) is 136 Å². The molecule has 1 atom stereocenters. The van der Waals surface area contributed by atoms with Crippen molar-refractivity contribution >= 4 is 11.9 Å².